The first-order valence-corrected chi connectivity index (χ1v) is 6.17. The van der Waals surface area contributed by atoms with Crippen molar-refractivity contribution >= 4 is 5.91 Å². The second kappa shape index (κ2) is 5.64. The second-order valence-corrected chi connectivity index (χ2v) is 5.45. The van der Waals surface area contributed by atoms with Crippen LogP contribution in [0.25, 0.3) is 0 Å². The van der Waals surface area contributed by atoms with Gasteiger partial charge < -0.3 is 16.0 Å². The average molecular weight is 227 g/mol. The van der Waals surface area contributed by atoms with Gasteiger partial charge in [0.2, 0.25) is 5.91 Å². The Bertz CT molecular complexity index is 232. The van der Waals surface area contributed by atoms with Gasteiger partial charge in [-0.2, -0.15) is 0 Å². The summed E-state index contributed by atoms with van der Waals surface area (Å²) >= 11 is 0. The van der Waals surface area contributed by atoms with Crippen LogP contribution in [0.2, 0.25) is 0 Å². The predicted octanol–water partition coefficient (Wildman–Crippen LogP) is 0.426. The number of carbonyl (C=O) groups is 1. The van der Waals surface area contributed by atoms with E-state index < -0.39 is 0 Å². The quantitative estimate of drug-likeness (QED) is 0.716. The molecule has 0 aromatic rings. The normalized spacial score (nSPS) is 28.6. The molecule has 1 aliphatic rings. The van der Waals surface area contributed by atoms with Crippen LogP contribution < -0.4 is 11.1 Å². The molecule has 4 nitrogen and oxygen atoms in total. The van der Waals surface area contributed by atoms with E-state index in [2.05, 4.69) is 24.1 Å². The molecule has 1 aliphatic heterocycles. The van der Waals surface area contributed by atoms with Crippen molar-refractivity contribution in [2.75, 3.05) is 19.6 Å². The van der Waals surface area contributed by atoms with E-state index in [-0.39, 0.29) is 18.0 Å². The van der Waals surface area contributed by atoms with Crippen LogP contribution in [0.5, 0.6) is 0 Å². The molecule has 1 heterocycles. The van der Waals surface area contributed by atoms with Gasteiger partial charge in [-0.3, -0.25) is 4.79 Å². The summed E-state index contributed by atoms with van der Waals surface area (Å²) in [5, 5.41) is 3.22. The summed E-state index contributed by atoms with van der Waals surface area (Å²) in [6.07, 6.45) is 0. The highest BCUT2D eigenvalue weighted by molar-refractivity contribution is 5.80. The first kappa shape index (κ1) is 13.5. The lowest BCUT2D eigenvalue weighted by atomic mass is 10.0. The Kier molecular flexibility index (Phi) is 4.74. The van der Waals surface area contributed by atoms with Crippen molar-refractivity contribution in [3.05, 3.63) is 0 Å². The lowest BCUT2D eigenvalue weighted by Gasteiger charge is -2.24. The smallest absolute Gasteiger partial charge is 0.235 e. The Labute approximate surface area is 98.6 Å². The molecule has 0 spiro atoms. The Morgan fingerprint density at radius 3 is 2.25 bits per heavy atom. The molecule has 0 saturated carbocycles. The second-order valence-electron chi connectivity index (χ2n) is 5.45. The van der Waals surface area contributed by atoms with E-state index in [1.165, 1.54) is 0 Å². The highest BCUT2D eigenvalue weighted by atomic mass is 16.1. The van der Waals surface area contributed by atoms with Gasteiger partial charge in [-0.15, -0.1) is 0 Å². The highest BCUT2D eigenvalue weighted by Gasteiger charge is 2.29. The van der Waals surface area contributed by atoms with Gasteiger partial charge in [0.05, 0.1) is 6.04 Å². The van der Waals surface area contributed by atoms with Crippen LogP contribution in [0.3, 0.4) is 0 Å². The molecule has 16 heavy (non-hydrogen) atoms. The predicted molar refractivity (Wildman–Crippen MR) is 66.0 cm³/mol. The van der Waals surface area contributed by atoms with E-state index in [4.69, 9.17) is 5.73 Å². The summed E-state index contributed by atoms with van der Waals surface area (Å²) in [5.74, 6) is 1.18. The van der Waals surface area contributed by atoms with Crippen LogP contribution in [0.15, 0.2) is 0 Å². The Balaban J connectivity index is 2.46. The molecule has 4 heteroatoms. The van der Waals surface area contributed by atoms with Crippen molar-refractivity contribution in [3.8, 4) is 0 Å². The van der Waals surface area contributed by atoms with Gasteiger partial charge in [0.25, 0.3) is 0 Å². The van der Waals surface area contributed by atoms with Gasteiger partial charge in [-0.25, -0.2) is 0 Å². The van der Waals surface area contributed by atoms with Gasteiger partial charge in [0.15, 0.2) is 0 Å². The number of amides is 1. The van der Waals surface area contributed by atoms with Crippen molar-refractivity contribution in [2.24, 2.45) is 17.6 Å². The minimum atomic E-state index is -0.249. The third-order valence-electron chi connectivity index (χ3n) is 3.38. The summed E-state index contributed by atoms with van der Waals surface area (Å²) in [6.45, 7) is 11.5. The molecule has 3 atom stereocenters. The molecule has 3 unspecified atom stereocenters. The van der Waals surface area contributed by atoms with Gasteiger partial charge >= 0.3 is 0 Å². The number of carbonyl (C=O) groups excluding carboxylic acids is 1. The molecule has 94 valence electrons. The van der Waals surface area contributed by atoms with Gasteiger partial charge in [0.1, 0.15) is 0 Å². The third-order valence-corrected chi connectivity index (χ3v) is 3.38. The number of hydrogen-bond acceptors (Lipinski definition) is 3. The number of primary amides is 1. The lowest BCUT2D eigenvalue weighted by molar-refractivity contribution is -0.120. The topological polar surface area (TPSA) is 58.4 Å². The first-order valence-electron chi connectivity index (χ1n) is 6.17. The van der Waals surface area contributed by atoms with Gasteiger partial charge in [-0.1, -0.05) is 27.7 Å². The van der Waals surface area contributed by atoms with Crippen LogP contribution in [-0.2, 0) is 4.79 Å². The van der Waals surface area contributed by atoms with Crippen LogP contribution in [0.1, 0.15) is 27.7 Å². The fourth-order valence-corrected chi connectivity index (χ4v) is 2.28. The van der Waals surface area contributed by atoms with Crippen LogP contribution >= 0.6 is 0 Å². The molecular weight excluding hydrogens is 202 g/mol. The van der Waals surface area contributed by atoms with Crippen LogP contribution in [0.4, 0.5) is 0 Å². The number of likely N-dealkylation sites (tertiary alicyclic amines) is 1. The van der Waals surface area contributed by atoms with Crippen LogP contribution in [-0.4, -0.2) is 42.5 Å². The third kappa shape index (κ3) is 3.76. The van der Waals surface area contributed by atoms with Crippen molar-refractivity contribution in [2.45, 2.75) is 39.8 Å². The molecule has 1 amide bonds. The molecule has 0 radical (unpaired) electrons. The molecule has 3 N–H and O–H groups in total. The lowest BCUT2D eigenvalue weighted by Crippen LogP contribution is -2.51. The van der Waals surface area contributed by atoms with Crippen molar-refractivity contribution in [1.82, 2.24) is 10.2 Å². The van der Waals surface area contributed by atoms with Crippen molar-refractivity contribution in [1.29, 1.82) is 0 Å². The van der Waals surface area contributed by atoms with Crippen molar-refractivity contribution < 1.29 is 4.79 Å². The van der Waals surface area contributed by atoms with Crippen LogP contribution in [0, 0.1) is 11.8 Å². The average Bonchev–Trinajstić information content (AvgIpc) is 2.44. The number of nitrogens with zero attached hydrogens (tertiary/aromatic N) is 1. The van der Waals surface area contributed by atoms with E-state index in [9.17, 15) is 4.79 Å². The Morgan fingerprint density at radius 2 is 1.88 bits per heavy atom. The summed E-state index contributed by atoms with van der Waals surface area (Å²) in [6, 6.07) is 0.0625. The summed E-state index contributed by atoms with van der Waals surface area (Å²) in [7, 11) is 0. The molecule has 0 aromatic carbocycles. The highest BCUT2D eigenvalue weighted by Crippen LogP contribution is 2.21. The molecule has 1 rings (SSSR count). The minimum Gasteiger partial charge on any atom is -0.368 e. The SMILES string of the molecule is CC(C)NC(CN1CC(C)C(C)C1)C(N)=O. The number of nitrogens with two attached hydrogens (primary N) is 1. The maximum Gasteiger partial charge on any atom is 0.235 e. The zero-order chi connectivity index (χ0) is 12.3. The van der Waals surface area contributed by atoms with E-state index in [0.29, 0.717) is 11.8 Å². The maximum absolute atomic E-state index is 11.3. The monoisotopic (exact) mass is 227 g/mol. The van der Waals surface area contributed by atoms with E-state index in [0.717, 1.165) is 19.6 Å². The fraction of sp³-hybridized carbons (Fsp3) is 0.917. The zero-order valence-electron chi connectivity index (χ0n) is 10.9. The standard InChI is InChI=1S/C12H25N3O/c1-8(2)14-11(12(13)16)7-15-5-9(3)10(4)6-15/h8-11,14H,5-7H2,1-4H3,(H2,13,16). The number of hydrogen-bond donors (Lipinski definition) is 2. The zero-order valence-corrected chi connectivity index (χ0v) is 10.9. The largest absolute Gasteiger partial charge is 0.368 e. The molecule has 0 bridgehead atoms. The molecule has 0 aromatic heterocycles. The summed E-state index contributed by atoms with van der Waals surface area (Å²) < 4.78 is 0. The molecular formula is C12H25N3O. The fourth-order valence-electron chi connectivity index (χ4n) is 2.28. The Hall–Kier alpha value is -0.610. The maximum atomic E-state index is 11.3. The first-order chi connectivity index (χ1) is 7.40. The molecule has 1 saturated heterocycles. The molecule has 0 aliphatic carbocycles. The van der Waals surface area contributed by atoms with E-state index >= 15 is 0 Å². The van der Waals surface area contributed by atoms with E-state index in [1.807, 2.05) is 13.8 Å². The summed E-state index contributed by atoms with van der Waals surface area (Å²) in [5.41, 5.74) is 5.40. The number of rotatable bonds is 5. The van der Waals surface area contributed by atoms with E-state index in [1.54, 1.807) is 0 Å². The Morgan fingerprint density at radius 1 is 1.38 bits per heavy atom. The minimum absolute atomic E-state index is 0.225. The summed E-state index contributed by atoms with van der Waals surface area (Å²) in [4.78, 5) is 13.7. The van der Waals surface area contributed by atoms with Crippen molar-refractivity contribution in [3.63, 3.8) is 0 Å². The number of nitrogens with one attached hydrogen (secondary N) is 1. The molecule has 1 fully saturated rings. The van der Waals surface area contributed by atoms with Gasteiger partial charge in [0, 0.05) is 25.7 Å². The van der Waals surface area contributed by atoms with Gasteiger partial charge in [-0.05, 0) is 11.8 Å².